The fourth-order valence-electron chi connectivity index (χ4n) is 4.43. The van der Waals surface area contributed by atoms with Crippen molar-refractivity contribution in [1.29, 1.82) is 0 Å². The maximum atomic E-state index is 5.98. The van der Waals surface area contributed by atoms with Crippen LogP contribution in [0.4, 0.5) is 0 Å². The number of ether oxygens (including phenoxy) is 1. The second-order valence-electron chi connectivity index (χ2n) is 5.12. The van der Waals surface area contributed by atoms with Gasteiger partial charge in [0.15, 0.2) is 0 Å². The van der Waals surface area contributed by atoms with Crippen LogP contribution in [0.1, 0.15) is 38.5 Å². The Bertz CT molecular complexity index is 213. The van der Waals surface area contributed by atoms with Crippen LogP contribution in [-0.2, 0) is 4.74 Å². The Morgan fingerprint density at radius 1 is 1.31 bits per heavy atom. The lowest BCUT2D eigenvalue weighted by molar-refractivity contribution is -0.0656. The molecule has 0 aromatic carbocycles. The van der Waals surface area contributed by atoms with Crippen LogP contribution in [0, 0.1) is 24.7 Å². The molecule has 0 amide bonds. The Hall–Kier alpha value is -0.0400. The van der Waals surface area contributed by atoms with Crippen molar-refractivity contribution in [1.82, 2.24) is 0 Å². The zero-order valence-corrected chi connectivity index (χ0v) is 8.30. The van der Waals surface area contributed by atoms with E-state index in [2.05, 4.69) is 6.92 Å². The van der Waals surface area contributed by atoms with Gasteiger partial charge in [0.2, 0.25) is 0 Å². The predicted molar refractivity (Wildman–Crippen MR) is 52.2 cm³/mol. The van der Waals surface area contributed by atoms with Crippen LogP contribution in [0.2, 0.25) is 0 Å². The highest BCUT2D eigenvalue weighted by Crippen LogP contribution is 2.62. The second kappa shape index (κ2) is 2.73. The topological polar surface area (TPSA) is 9.23 Å². The van der Waals surface area contributed by atoms with Gasteiger partial charge in [-0.2, -0.15) is 0 Å². The highest BCUT2D eigenvalue weighted by molar-refractivity contribution is 5.09. The van der Waals surface area contributed by atoms with Crippen LogP contribution >= 0.6 is 0 Å². The van der Waals surface area contributed by atoms with Crippen LogP contribution in [0.15, 0.2) is 0 Å². The summed E-state index contributed by atoms with van der Waals surface area (Å²) in [5.41, 5.74) is 0.299. The van der Waals surface area contributed by atoms with Gasteiger partial charge in [-0.15, -0.1) is 0 Å². The molecule has 0 heterocycles. The zero-order valence-electron chi connectivity index (χ0n) is 8.30. The highest BCUT2D eigenvalue weighted by atomic mass is 16.5. The van der Waals surface area contributed by atoms with Gasteiger partial charge in [0.25, 0.3) is 0 Å². The SMILES string of the molecule is [CH2]COC12CCC(C1)C1CCCC12. The largest absolute Gasteiger partial charge is 0.375 e. The fraction of sp³-hybridized carbons (Fsp3) is 0.917. The Morgan fingerprint density at radius 3 is 3.08 bits per heavy atom. The quantitative estimate of drug-likeness (QED) is 0.633. The minimum Gasteiger partial charge on any atom is -0.375 e. The molecule has 13 heavy (non-hydrogen) atoms. The molecule has 3 aliphatic rings. The van der Waals surface area contributed by atoms with Crippen LogP contribution in [0.3, 0.4) is 0 Å². The van der Waals surface area contributed by atoms with Crippen LogP contribution in [-0.4, -0.2) is 12.2 Å². The van der Waals surface area contributed by atoms with E-state index in [1.165, 1.54) is 38.5 Å². The summed E-state index contributed by atoms with van der Waals surface area (Å²) >= 11 is 0. The van der Waals surface area contributed by atoms with Gasteiger partial charge in [-0.05, 0) is 56.8 Å². The first-order chi connectivity index (χ1) is 6.36. The molecular weight excluding hydrogens is 160 g/mol. The molecule has 0 aromatic rings. The summed E-state index contributed by atoms with van der Waals surface area (Å²) in [6, 6.07) is 0. The third-order valence-electron chi connectivity index (χ3n) is 4.79. The van der Waals surface area contributed by atoms with Gasteiger partial charge in [0.1, 0.15) is 0 Å². The van der Waals surface area contributed by atoms with Crippen molar-refractivity contribution in [2.45, 2.75) is 44.1 Å². The van der Waals surface area contributed by atoms with Gasteiger partial charge in [-0.3, -0.25) is 0 Å². The Morgan fingerprint density at radius 2 is 2.23 bits per heavy atom. The normalized spacial score (nSPS) is 52.8. The number of hydrogen-bond acceptors (Lipinski definition) is 1. The molecule has 4 atom stereocenters. The minimum atomic E-state index is 0.299. The van der Waals surface area contributed by atoms with E-state index in [1.54, 1.807) is 0 Å². The standard InChI is InChI=1S/C12H19O/c1-2-13-12-7-6-9(8-12)10-4-3-5-11(10)12/h9-11H,1-8H2. The molecule has 2 bridgehead atoms. The van der Waals surface area contributed by atoms with Gasteiger partial charge in [0, 0.05) is 6.61 Å². The molecule has 1 nitrogen and oxygen atoms in total. The van der Waals surface area contributed by atoms with E-state index in [1.807, 2.05) is 0 Å². The average Bonchev–Trinajstić information content (AvgIpc) is 2.73. The smallest absolute Gasteiger partial charge is 0.0716 e. The minimum absolute atomic E-state index is 0.299. The molecule has 3 saturated carbocycles. The summed E-state index contributed by atoms with van der Waals surface area (Å²) < 4.78 is 5.98. The van der Waals surface area contributed by atoms with Crippen molar-refractivity contribution in [3.63, 3.8) is 0 Å². The Kier molecular flexibility index (Phi) is 1.74. The molecule has 73 valence electrons. The first-order valence-electron chi connectivity index (χ1n) is 5.79. The molecule has 0 spiro atoms. The van der Waals surface area contributed by atoms with E-state index in [0.29, 0.717) is 12.2 Å². The molecule has 3 aliphatic carbocycles. The Balaban J connectivity index is 1.87. The number of rotatable bonds is 2. The molecule has 3 fully saturated rings. The maximum absolute atomic E-state index is 5.98. The molecule has 4 unspecified atom stereocenters. The van der Waals surface area contributed by atoms with Crippen molar-refractivity contribution in [3.05, 3.63) is 6.92 Å². The number of fused-ring (bicyclic) bond motifs is 5. The number of hydrogen-bond donors (Lipinski definition) is 0. The van der Waals surface area contributed by atoms with E-state index in [0.717, 1.165) is 17.8 Å². The zero-order chi connectivity index (χ0) is 8.89. The van der Waals surface area contributed by atoms with Crippen molar-refractivity contribution in [2.24, 2.45) is 17.8 Å². The Labute approximate surface area is 80.8 Å². The van der Waals surface area contributed by atoms with E-state index in [4.69, 9.17) is 4.74 Å². The molecule has 0 aromatic heterocycles. The van der Waals surface area contributed by atoms with E-state index in [-0.39, 0.29) is 0 Å². The van der Waals surface area contributed by atoms with Gasteiger partial charge in [-0.25, -0.2) is 0 Å². The summed E-state index contributed by atoms with van der Waals surface area (Å²) in [5, 5.41) is 0. The lowest BCUT2D eigenvalue weighted by atomic mass is 9.79. The maximum Gasteiger partial charge on any atom is 0.0716 e. The van der Waals surface area contributed by atoms with Crippen molar-refractivity contribution in [2.75, 3.05) is 6.61 Å². The summed E-state index contributed by atoms with van der Waals surface area (Å²) in [6.45, 7) is 4.53. The molecule has 1 heteroatoms. The van der Waals surface area contributed by atoms with Gasteiger partial charge in [-0.1, -0.05) is 6.42 Å². The summed E-state index contributed by atoms with van der Waals surface area (Å²) in [6.07, 6.45) is 8.49. The van der Waals surface area contributed by atoms with Crippen molar-refractivity contribution in [3.8, 4) is 0 Å². The van der Waals surface area contributed by atoms with Crippen LogP contribution in [0.25, 0.3) is 0 Å². The molecule has 3 rings (SSSR count). The predicted octanol–water partition coefficient (Wildman–Crippen LogP) is 2.81. The third-order valence-corrected chi connectivity index (χ3v) is 4.79. The van der Waals surface area contributed by atoms with E-state index >= 15 is 0 Å². The van der Waals surface area contributed by atoms with Crippen molar-refractivity contribution < 1.29 is 4.74 Å². The molecule has 1 radical (unpaired) electrons. The highest BCUT2D eigenvalue weighted by Gasteiger charge is 2.59. The summed E-state index contributed by atoms with van der Waals surface area (Å²) in [7, 11) is 0. The average molecular weight is 179 g/mol. The summed E-state index contributed by atoms with van der Waals surface area (Å²) in [5.74, 6) is 2.95. The fourth-order valence-corrected chi connectivity index (χ4v) is 4.43. The first-order valence-corrected chi connectivity index (χ1v) is 5.79. The van der Waals surface area contributed by atoms with Crippen LogP contribution in [0.5, 0.6) is 0 Å². The van der Waals surface area contributed by atoms with Crippen molar-refractivity contribution >= 4 is 0 Å². The van der Waals surface area contributed by atoms with Gasteiger partial charge < -0.3 is 4.74 Å². The molecule has 0 N–H and O–H groups in total. The van der Waals surface area contributed by atoms with E-state index < -0.39 is 0 Å². The second-order valence-corrected chi connectivity index (χ2v) is 5.12. The molecule has 0 saturated heterocycles. The lowest BCUT2D eigenvalue weighted by Gasteiger charge is -2.35. The van der Waals surface area contributed by atoms with Gasteiger partial charge in [0.05, 0.1) is 5.60 Å². The van der Waals surface area contributed by atoms with Gasteiger partial charge >= 0.3 is 0 Å². The van der Waals surface area contributed by atoms with E-state index in [9.17, 15) is 0 Å². The molecule has 0 aliphatic heterocycles. The first kappa shape index (κ1) is 8.28. The summed E-state index contributed by atoms with van der Waals surface area (Å²) in [4.78, 5) is 0. The third kappa shape index (κ3) is 0.971. The molecular formula is C12H19O. The monoisotopic (exact) mass is 179 g/mol. The lowest BCUT2D eigenvalue weighted by Crippen LogP contribution is -2.37. The van der Waals surface area contributed by atoms with Crippen LogP contribution < -0.4 is 0 Å².